The SMILES string of the molecule is O=C(O)c1cccc(N2CCCC(CCO)C2)c1[N+](=O)[O-]. The van der Waals surface area contributed by atoms with Crippen molar-refractivity contribution in [3.05, 3.63) is 33.9 Å². The van der Waals surface area contributed by atoms with E-state index in [0.29, 0.717) is 25.2 Å². The summed E-state index contributed by atoms with van der Waals surface area (Å²) >= 11 is 0. The van der Waals surface area contributed by atoms with Crippen LogP contribution in [0, 0.1) is 16.0 Å². The van der Waals surface area contributed by atoms with E-state index < -0.39 is 10.9 Å². The van der Waals surface area contributed by atoms with E-state index >= 15 is 0 Å². The first kappa shape index (κ1) is 15.2. The molecule has 2 rings (SSSR count). The second kappa shape index (κ2) is 6.53. The third kappa shape index (κ3) is 3.30. The van der Waals surface area contributed by atoms with Gasteiger partial charge in [-0.15, -0.1) is 0 Å². The number of benzene rings is 1. The molecule has 1 aliphatic heterocycles. The molecule has 1 aromatic rings. The summed E-state index contributed by atoms with van der Waals surface area (Å²) in [5, 5.41) is 29.4. The Morgan fingerprint density at radius 2 is 2.24 bits per heavy atom. The van der Waals surface area contributed by atoms with Gasteiger partial charge >= 0.3 is 11.7 Å². The van der Waals surface area contributed by atoms with Gasteiger partial charge in [-0.25, -0.2) is 4.79 Å². The number of nitrogens with zero attached hydrogens (tertiary/aromatic N) is 2. The van der Waals surface area contributed by atoms with Gasteiger partial charge in [0.25, 0.3) is 0 Å². The molecule has 1 saturated heterocycles. The van der Waals surface area contributed by atoms with Crippen molar-refractivity contribution >= 4 is 17.3 Å². The Labute approximate surface area is 122 Å². The Bertz CT molecular complexity index is 544. The van der Waals surface area contributed by atoms with Crippen molar-refractivity contribution in [1.82, 2.24) is 0 Å². The molecule has 1 aliphatic rings. The van der Waals surface area contributed by atoms with Gasteiger partial charge in [0.05, 0.1) is 4.92 Å². The number of nitro benzene ring substituents is 1. The van der Waals surface area contributed by atoms with E-state index in [-0.39, 0.29) is 23.8 Å². The highest BCUT2D eigenvalue weighted by molar-refractivity contribution is 5.95. The molecule has 1 heterocycles. The van der Waals surface area contributed by atoms with Crippen LogP contribution in [0.5, 0.6) is 0 Å². The Morgan fingerprint density at radius 1 is 1.48 bits per heavy atom. The molecule has 1 atom stereocenters. The highest BCUT2D eigenvalue weighted by Gasteiger charge is 2.29. The van der Waals surface area contributed by atoms with E-state index in [1.807, 2.05) is 4.90 Å². The fraction of sp³-hybridized carbons (Fsp3) is 0.500. The zero-order chi connectivity index (χ0) is 15.4. The van der Waals surface area contributed by atoms with E-state index in [2.05, 4.69) is 0 Å². The van der Waals surface area contributed by atoms with Gasteiger partial charge in [-0.05, 0) is 37.3 Å². The summed E-state index contributed by atoms with van der Waals surface area (Å²) in [6.45, 7) is 1.35. The number of rotatable bonds is 5. The van der Waals surface area contributed by atoms with Gasteiger partial charge in [0, 0.05) is 19.7 Å². The van der Waals surface area contributed by atoms with Crippen molar-refractivity contribution in [3.8, 4) is 0 Å². The second-order valence-electron chi connectivity index (χ2n) is 5.20. The van der Waals surface area contributed by atoms with Gasteiger partial charge in [0.2, 0.25) is 0 Å². The Balaban J connectivity index is 2.36. The molecule has 0 spiro atoms. The summed E-state index contributed by atoms with van der Waals surface area (Å²) in [6.07, 6.45) is 2.51. The van der Waals surface area contributed by atoms with Crippen molar-refractivity contribution in [1.29, 1.82) is 0 Å². The van der Waals surface area contributed by atoms with Crippen LogP contribution in [0.1, 0.15) is 29.6 Å². The number of piperidine rings is 1. The molecular weight excluding hydrogens is 276 g/mol. The number of hydrogen-bond donors (Lipinski definition) is 2. The quantitative estimate of drug-likeness (QED) is 0.635. The maximum Gasteiger partial charge on any atom is 0.342 e. The third-order valence-corrected chi connectivity index (χ3v) is 3.82. The molecule has 7 heteroatoms. The molecule has 0 radical (unpaired) electrons. The largest absolute Gasteiger partial charge is 0.477 e. The van der Waals surface area contributed by atoms with Crippen LogP contribution in [0.25, 0.3) is 0 Å². The number of carboxylic acids is 1. The number of hydrogen-bond acceptors (Lipinski definition) is 5. The molecule has 1 unspecified atom stereocenters. The predicted molar refractivity (Wildman–Crippen MR) is 76.7 cm³/mol. The van der Waals surface area contributed by atoms with Gasteiger partial charge in [-0.2, -0.15) is 0 Å². The van der Waals surface area contributed by atoms with E-state index in [1.54, 1.807) is 6.07 Å². The predicted octanol–water partition coefficient (Wildman–Crippen LogP) is 1.89. The molecule has 21 heavy (non-hydrogen) atoms. The minimum atomic E-state index is -1.30. The number of anilines is 1. The van der Waals surface area contributed by atoms with Crippen molar-refractivity contribution in [2.45, 2.75) is 19.3 Å². The number of para-hydroxylation sites is 1. The maximum atomic E-state index is 11.3. The zero-order valence-electron chi connectivity index (χ0n) is 11.6. The standard InChI is InChI=1S/C14H18N2O5/c17-8-6-10-3-2-7-15(9-10)12-5-1-4-11(14(18)19)13(12)16(20)21/h1,4-5,10,17H,2-3,6-9H2,(H,18,19). The highest BCUT2D eigenvalue weighted by atomic mass is 16.6. The molecule has 0 bridgehead atoms. The lowest BCUT2D eigenvalue weighted by Crippen LogP contribution is -2.36. The number of carbonyl (C=O) groups is 1. The van der Waals surface area contributed by atoms with E-state index in [9.17, 15) is 14.9 Å². The Hall–Kier alpha value is -2.15. The smallest absolute Gasteiger partial charge is 0.342 e. The number of nitro groups is 1. The average molecular weight is 294 g/mol. The summed E-state index contributed by atoms with van der Waals surface area (Å²) in [5.74, 6) is -1.02. The normalized spacial score (nSPS) is 18.5. The number of aromatic carboxylic acids is 1. The van der Waals surface area contributed by atoms with Crippen LogP contribution in [0.2, 0.25) is 0 Å². The van der Waals surface area contributed by atoms with Crippen LogP contribution < -0.4 is 4.90 Å². The van der Waals surface area contributed by atoms with Gasteiger partial charge in [0.1, 0.15) is 11.3 Å². The van der Waals surface area contributed by atoms with Crippen molar-refractivity contribution in [2.24, 2.45) is 5.92 Å². The third-order valence-electron chi connectivity index (χ3n) is 3.82. The van der Waals surface area contributed by atoms with E-state index in [4.69, 9.17) is 10.2 Å². The molecule has 0 aromatic heterocycles. The second-order valence-corrected chi connectivity index (χ2v) is 5.20. The molecule has 0 amide bonds. The summed E-state index contributed by atoms with van der Waals surface area (Å²) < 4.78 is 0. The number of aliphatic hydroxyl groups is 1. The van der Waals surface area contributed by atoms with Crippen LogP contribution in [0.15, 0.2) is 18.2 Å². The lowest BCUT2D eigenvalue weighted by atomic mass is 9.94. The zero-order valence-corrected chi connectivity index (χ0v) is 11.6. The lowest BCUT2D eigenvalue weighted by molar-refractivity contribution is -0.384. The van der Waals surface area contributed by atoms with Gasteiger partial charge < -0.3 is 15.1 Å². The summed E-state index contributed by atoms with van der Waals surface area (Å²) in [5.41, 5.74) is -0.293. The van der Waals surface area contributed by atoms with Crippen molar-refractivity contribution < 1.29 is 19.9 Å². The van der Waals surface area contributed by atoms with Crippen LogP contribution >= 0.6 is 0 Å². The highest BCUT2D eigenvalue weighted by Crippen LogP contribution is 2.34. The minimum absolute atomic E-state index is 0.0930. The number of carboxylic acid groups (broad SMARTS) is 1. The number of aliphatic hydroxyl groups excluding tert-OH is 1. The monoisotopic (exact) mass is 294 g/mol. The Kier molecular flexibility index (Phi) is 4.74. The van der Waals surface area contributed by atoms with E-state index in [0.717, 1.165) is 12.8 Å². The van der Waals surface area contributed by atoms with Gasteiger partial charge in [-0.3, -0.25) is 10.1 Å². The molecule has 0 aliphatic carbocycles. The van der Waals surface area contributed by atoms with Crippen LogP contribution in [-0.2, 0) is 0 Å². The van der Waals surface area contributed by atoms with Crippen LogP contribution in [-0.4, -0.2) is 40.8 Å². The molecule has 7 nitrogen and oxygen atoms in total. The first-order valence-corrected chi connectivity index (χ1v) is 6.91. The fourth-order valence-electron chi connectivity index (χ4n) is 2.85. The van der Waals surface area contributed by atoms with Gasteiger partial charge in [-0.1, -0.05) is 6.07 Å². The molecule has 114 valence electrons. The van der Waals surface area contributed by atoms with Crippen LogP contribution in [0.3, 0.4) is 0 Å². The topological polar surface area (TPSA) is 104 Å². The summed E-state index contributed by atoms with van der Waals surface area (Å²) in [7, 11) is 0. The van der Waals surface area contributed by atoms with Crippen molar-refractivity contribution in [3.63, 3.8) is 0 Å². The molecule has 1 fully saturated rings. The molecule has 0 saturated carbocycles. The van der Waals surface area contributed by atoms with Crippen LogP contribution in [0.4, 0.5) is 11.4 Å². The average Bonchev–Trinajstić information content (AvgIpc) is 2.47. The first-order valence-electron chi connectivity index (χ1n) is 6.91. The molecule has 2 N–H and O–H groups in total. The minimum Gasteiger partial charge on any atom is -0.477 e. The Morgan fingerprint density at radius 3 is 2.86 bits per heavy atom. The maximum absolute atomic E-state index is 11.3. The molecular formula is C14H18N2O5. The lowest BCUT2D eigenvalue weighted by Gasteiger charge is -2.34. The molecule has 1 aromatic carbocycles. The van der Waals surface area contributed by atoms with Gasteiger partial charge in [0.15, 0.2) is 0 Å². The van der Waals surface area contributed by atoms with Crippen molar-refractivity contribution in [2.75, 3.05) is 24.6 Å². The fourth-order valence-corrected chi connectivity index (χ4v) is 2.85. The summed E-state index contributed by atoms with van der Waals surface area (Å²) in [6, 6.07) is 4.37. The summed E-state index contributed by atoms with van der Waals surface area (Å²) in [4.78, 5) is 23.7. The van der Waals surface area contributed by atoms with E-state index in [1.165, 1.54) is 12.1 Å². The first-order chi connectivity index (χ1) is 10.0.